The van der Waals surface area contributed by atoms with Gasteiger partial charge in [0.1, 0.15) is 5.75 Å². The zero-order chi connectivity index (χ0) is 14.0. The highest BCUT2D eigenvalue weighted by molar-refractivity contribution is 7.92. The van der Waals surface area contributed by atoms with E-state index in [1.54, 1.807) is 0 Å². The molecule has 0 amide bonds. The lowest BCUT2D eigenvalue weighted by molar-refractivity contribution is 0.473. The Kier molecular flexibility index (Phi) is 3.39. The SMILES string of the molecule is O=S(=O)(Nc1cccc(F)c1F)c1cccc(O)c1. The van der Waals surface area contributed by atoms with Crippen LogP contribution in [0.25, 0.3) is 0 Å². The Bertz CT molecular complexity index is 717. The second-order valence-electron chi connectivity index (χ2n) is 3.70. The molecular weight excluding hydrogens is 276 g/mol. The number of sulfonamides is 1. The van der Waals surface area contributed by atoms with Gasteiger partial charge in [0, 0.05) is 6.07 Å². The normalized spacial score (nSPS) is 11.3. The molecule has 100 valence electrons. The number of aromatic hydroxyl groups is 1. The van der Waals surface area contributed by atoms with E-state index in [-0.39, 0.29) is 10.6 Å². The molecule has 0 aromatic heterocycles. The molecule has 2 aromatic rings. The van der Waals surface area contributed by atoms with Crippen LogP contribution in [0.4, 0.5) is 14.5 Å². The van der Waals surface area contributed by atoms with Crippen molar-refractivity contribution in [1.82, 2.24) is 0 Å². The van der Waals surface area contributed by atoms with Gasteiger partial charge in [-0.1, -0.05) is 12.1 Å². The summed E-state index contributed by atoms with van der Waals surface area (Å²) < 4.78 is 52.1. The van der Waals surface area contributed by atoms with E-state index < -0.39 is 27.3 Å². The van der Waals surface area contributed by atoms with Gasteiger partial charge in [-0.3, -0.25) is 4.72 Å². The first kappa shape index (κ1) is 13.3. The third-order valence-corrected chi connectivity index (χ3v) is 3.69. The van der Waals surface area contributed by atoms with Crippen LogP contribution < -0.4 is 4.72 Å². The first-order valence-corrected chi connectivity index (χ1v) is 6.64. The summed E-state index contributed by atoms with van der Waals surface area (Å²) in [4.78, 5) is -0.254. The summed E-state index contributed by atoms with van der Waals surface area (Å²) in [5.74, 6) is -2.69. The molecule has 0 heterocycles. The quantitative estimate of drug-likeness (QED) is 0.910. The Morgan fingerprint density at radius 3 is 2.42 bits per heavy atom. The molecule has 0 radical (unpaired) electrons. The van der Waals surface area contributed by atoms with Gasteiger partial charge in [-0.15, -0.1) is 0 Å². The van der Waals surface area contributed by atoms with Crippen molar-refractivity contribution in [1.29, 1.82) is 0 Å². The second-order valence-corrected chi connectivity index (χ2v) is 5.39. The van der Waals surface area contributed by atoms with E-state index in [1.807, 2.05) is 4.72 Å². The van der Waals surface area contributed by atoms with Crippen molar-refractivity contribution >= 4 is 15.7 Å². The van der Waals surface area contributed by atoms with Crippen molar-refractivity contribution in [2.24, 2.45) is 0 Å². The molecule has 0 atom stereocenters. The van der Waals surface area contributed by atoms with Crippen LogP contribution in [0.15, 0.2) is 47.4 Å². The molecule has 7 heteroatoms. The summed E-state index contributed by atoms with van der Waals surface area (Å²) in [6.45, 7) is 0. The van der Waals surface area contributed by atoms with E-state index in [0.717, 1.165) is 18.2 Å². The van der Waals surface area contributed by atoms with E-state index in [0.29, 0.717) is 0 Å². The number of hydrogen-bond acceptors (Lipinski definition) is 3. The molecule has 0 saturated carbocycles. The molecule has 0 spiro atoms. The molecule has 0 saturated heterocycles. The van der Waals surface area contributed by atoms with Crippen molar-refractivity contribution in [2.75, 3.05) is 4.72 Å². The van der Waals surface area contributed by atoms with Crippen molar-refractivity contribution in [2.45, 2.75) is 4.90 Å². The van der Waals surface area contributed by atoms with Crippen LogP contribution in [0.1, 0.15) is 0 Å². The molecule has 0 aliphatic heterocycles. The second kappa shape index (κ2) is 4.85. The fraction of sp³-hybridized carbons (Fsp3) is 0. The molecule has 0 aliphatic rings. The summed E-state index contributed by atoms with van der Waals surface area (Å²) in [5, 5.41) is 9.21. The lowest BCUT2D eigenvalue weighted by atomic mass is 10.3. The Morgan fingerprint density at radius 2 is 1.74 bits per heavy atom. The van der Waals surface area contributed by atoms with Gasteiger partial charge >= 0.3 is 0 Å². The Labute approximate surface area is 108 Å². The minimum atomic E-state index is -4.09. The Balaban J connectivity index is 2.39. The standard InChI is InChI=1S/C12H9F2NO3S/c13-10-5-2-6-11(12(10)14)15-19(17,18)9-4-1-3-8(16)7-9/h1-7,15-16H. The zero-order valence-electron chi connectivity index (χ0n) is 9.47. The van der Waals surface area contributed by atoms with Crippen molar-refractivity contribution in [3.05, 3.63) is 54.1 Å². The molecule has 2 rings (SSSR count). The molecule has 4 nitrogen and oxygen atoms in total. The molecule has 0 aliphatic carbocycles. The molecule has 0 unspecified atom stereocenters. The van der Waals surface area contributed by atoms with E-state index in [1.165, 1.54) is 24.3 Å². The Morgan fingerprint density at radius 1 is 1.05 bits per heavy atom. The van der Waals surface area contributed by atoms with Gasteiger partial charge in [0.05, 0.1) is 10.6 Å². The van der Waals surface area contributed by atoms with E-state index in [4.69, 9.17) is 0 Å². The Hall–Kier alpha value is -2.15. The molecular formula is C12H9F2NO3S. The highest BCUT2D eigenvalue weighted by atomic mass is 32.2. The number of halogens is 2. The summed E-state index contributed by atoms with van der Waals surface area (Å²) in [7, 11) is -4.09. The number of nitrogens with one attached hydrogen (secondary N) is 1. The molecule has 0 bridgehead atoms. The topological polar surface area (TPSA) is 66.4 Å². The summed E-state index contributed by atoms with van der Waals surface area (Å²) >= 11 is 0. The van der Waals surface area contributed by atoms with E-state index in [9.17, 15) is 22.3 Å². The first-order valence-electron chi connectivity index (χ1n) is 5.16. The predicted molar refractivity (Wildman–Crippen MR) is 65.3 cm³/mol. The van der Waals surface area contributed by atoms with Crippen molar-refractivity contribution < 1.29 is 22.3 Å². The predicted octanol–water partition coefficient (Wildman–Crippen LogP) is 2.47. The van der Waals surface area contributed by atoms with Gasteiger partial charge < -0.3 is 5.11 Å². The maximum Gasteiger partial charge on any atom is 0.262 e. The van der Waals surface area contributed by atoms with Gasteiger partial charge in [0.25, 0.3) is 10.0 Å². The highest BCUT2D eigenvalue weighted by Crippen LogP contribution is 2.22. The lowest BCUT2D eigenvalue weighted by Crippen LogP contribution is -2.14. The average molecular weight is 285 g/mol. The monoisotopic (exact) mass is 285 g/mol. The minimum absolute atomic E-state index is 0.248. The fourth-order valence-corrected chi connectivity index (χ4v) is 2.54. The fourth-order valence-electron chi connectivity index (χ4n) is 1.44. The number of hydrogen-bond donors (Lipinski definition) is 2. The summed E-state index contributed by atoms with van der Waals surface area (Å²) in [6, 6.07) is 7.99. The maximum absolute atomic E-state index is 13.4. The molecule has 2 aromatic carbocycles. The van der Waals surface area contributed by atoms with Crippen LogP contribution in [-0.2, 0) is 10.0 Å². The van der Waals surface area contributed by atoms with Crippen LogP contribution in [0.3, 0.4) is 0 Å². The van der Waals surface area contributed by atoms with Crippen molar-refractivity contribution in [3.63, 3.8) is 0 Å². The minimum Gasteiger partial charge on any atom is -0.508 e. The third-order valence-electron chi connectivity index (χ3n) is 2.32. The van der Waals surface area contributed by atoms with Crippen molar-refractivity contribution in [3.8, 4) is 5.75 Å². The summed E-state index contributed by atoms with van der Waals surface area (Å²) in [6.07, 6.45) is 0. The van der Waals surface area contributed by atoms with Crippen LogP contribution in [-0.4, -0.2) is 13.5 Å². The maximum atomic E-state index is 13.4. The van der Waals surface area contributed by atoms with Crippen LogP contribution >= 0.6 is 0 Å². The highest BCUT2D eigenvalue weighted by Gasteiger charge is 2.18. The molecule has 0 fully saturated rings. The van der Waals surface area contributed by atoms with E-state index in [2.05, 4.69) is 0 Å². The smallest absolute Gasteiger partial charge is 0.262 e. The van der Waals surface area contributed by atoms with Crippen LogP contribution in [0.5, 0.6) is 5.75 Å². The average Bonchev–Trinajstić information content (AvgIpc) is 2.35. The summed E-state index contributed by atoms with van der Waals surface area (Å²) in [5.41, 5.74) is -0.497. The third kappa shape index (κ3) is 2.82. The largest absolute Gasteiger partial charge is 0.508 e. The molecule has 2 N–H and O–H groups in total. The number of phenols is 1. The first-order chi connectivity index (χ1) is 8.90. The van der Waals surface area contributed by atoms with Gasteiger partial charge in [-0.05, 0) is 24.3 Å². The van der Waals surface area contributed by atoms with Gasteiger partial charge in [-0.25, -0.2) is 17.2 Å². The van der Waals surface area contributed by atoms with Gasteiger partial charge in [0.2, 0.25) is 0 Å². The van der Waals surface area contributed by atoms with Crippen LogP contribution in [0.2, 0.25) is 0 Å². The number of anilines is 1. The van der Waals surface area contributed by atoms with Gasteiger partial charge in [-0.2, -0.15) is 0 Å². The van der Waals surface area contributed by atoms with Gasteiger partial charge in [0.15, 0.2) is 11.6 Å². The van der Waals surface area contributed by atoms with E-state index >= 15 is 0 Å². The number of phenolic OH excluding ortho intramolecular Hbond substituents is 1. The number of benzene rings is 2. The lowest BCUT2D eigenvalue weighted by Gasteiger charge is -2.09. The zero-order valence-corrected chi connectivity index (χ0v) is 10.3. The number of rotatable bonds is 3. The molecule has 19 heavy (non-hydrogen) atoms. The van der Waals surface area contributed by atoms with Crippen LogP contribution in [0, 0.1) is 11.6 Å².